The molecule has 4 rings (SSSR count). The zero-order valence-electron chi connectivity index (χ0n) is 18.0. The fourth-order valence-electron chi connectivity index (χ4n) is 3.70. The Morgan fingerprint density at radius 2 is 1.94 bits per heavy atom. The second kappa shape index (κ2) is 9.59. The van der Waals surface area contributed by atoms with Crippen molar-refractivity contribution in [2.45, 2.75) is 26.7 Å². The van der Waals surface area contributed by atoms with Crippen molar-refractivity contribution < 1.29 is 14.1 Å². The maximum Gasteiger partial charge on any atom is 0.261 e. The summed E-state index contributed by atoms with van der Waals surface area (Å²) in [5, 5.41) is 4.01. The normalized spacial score (nSPS) is 14.4. The Morgan fingerprint density at radius 3 is 2.68 bits per heavy atom. The fraction of sp³-hybridized carbons (Fsp3) is 0.391. The van der Waals surface area contributed by atoms with Crippen molar-refractivity contribution in [3.8, 4) is 17.2 Å². The largest absolute Gasteiger partial charge is 0.494 e. The molecule has 8 nitrogen and oxygen atoms in total. The highest BCUT2D eigenvalue weighted by atomic mass is 16.5. The quantitative estimate of drug-likeness (QED) is 0.603. The van der Waals surface area contributed by atoms with E-state index >= 15 is 0 Å². The van der Waals surface area contributed by atoms with Crippen molar-refractivity contribution in [2.24, 2.45) is 0 Å². The van der Waals surface area contributed by atoms with Crippen LogP contribution in [-0.2, 0) is 6.42 Å². The SMILES string of the molecule is CCOc1ccc(C(=O)N2CCCN(c3ncccc3-c3nc(CC)no3)CC2)cc1. The van der Waals surface area contributed by atoms with Crippen LogP contribution in [0.1, 0.15) is 36.5 Å². The Kier molecular flexibility index (Phi) is 6.45. The zero-order valence-corrected chi connectivity index (χ0v) is 18.0. The fourth-order valence-corrected chi connectivity index (χ4v) is 3.70. The number of ether oxygens (including phenoxy) is 1. The van der Waals surface area contributed by atoms with Crippen LogP contribution in [0.5, 0.6) is 5.75 Å². The van der Waals surface area contributed by atoms with Crippen molar-refractivity contribution >= 4 is 11.7 Å². The summed E-state index contributed by atoms with van der Waals surface area (Å²) in [4.78, 5) is 26.2. The van der Waals surface area contributed by atoms with E-state index in [-0.39, 0.29) is 5.91 Å². The van der Waals surface area contributed by atoms with Crippen LogP contribution in [0.2, 0.25) is 0 Å². The highest BCUT2D eigenvalue weighted by molar-refractivity contribution is 5.94. The molecule has 162 valence electrons. The predicted octanol–water partition coefficient (Wildman–Crippen LogP) is 3.45. The Labute approximate surface area is 181 Å². The number of hydrogen-bond acceptors (Lipinski definition) is 7. The summed E-state index contributed by atoms with van der Waals surface area (Å²) < 4.78 is 10.9. The molecule has 1 aromatic carbocycles. The third kappa shape index (κ3) is 4.68. The average Bonchev–Trinajstić information content (AvgIpc) is 3.16. The van der Waals surface area contributed by atoms with E-state index < -0.39 is 0 Å². The van der Waals surface area contributed by atoms with Crippen LogP contribution >= 0.6 is 0 Å². The monoisotopic (exact) mass is 421 g/mol. The van der Waals surface area contributed by atoms with Gasteiger partial charge in [-0.25, -0.2) is 4.98 Å². The highest BCUT2D eigenvalue weighted by Crippen LogP contribution is 2.28. The van der Waals surface area contributed by atoms with Crippen LogP contribution in [0, 0.1) is 0 Å². The van der Waals surface area contributed by atoms with Gasteiger partial charge in [0.1, 0.15) is 11.6 Å². The standard InChI is InChI=1S/C23H27N5O3/c1-3-20-25-22(31-26-20)19-7-5-12-24-21(19)27-13-6-14-28(16-15-27)23(29)17-8-10-18(11-9-17)30-4-2/h5,7-12H,3-4,6,13-16H2,1-2H3. The molecule has 0 spiro atoms. The molecule has 0 atom stereocenters. The molecule has 8 heteroatoms. The van der Waals surface area contributed by atoms with Crippen LogP contribution in [0.4, 0.5) is 5.82 Å². The first-order valence-electron chi connectivity index (χ1n) is 10.7. The van der Waals surface area contributed by atoms with Gasteiger partial charge in [-0.15, -0.1) is 0 Å². The van der Waals surface area contributed by atoms with Gasteiger partial charge in [0.2, 0.25) is 0 Å². The summed E-state index contributed by atoms with van der Waals surface area (Å²) >= 11 is 0. The summed E-state index contributed by atoms with van der Waals surface area (Å²) in [6, 6.07) is 11.2. The molecule has 2 aromatic heterocycles. The van der Waals surface area contributed by atoms with Gasteiger partial charge in [-0.1, -0.05) is 12.1 Å². The molecule has 1 amide bonds. The molecular weight excluding hydrogens is 394 g/mol. The van der Waals surface area contributed by atoms with Crippen LogP contribution in [0.3, 0.4) is 0 Å². The van der Waals surface area contributed by atoms with E-state index in [4.69, 9.17) is 9.26 Å². The van der Waals surface area contributed by atoms with Crippen molar-refractivity contribution in [1.29, 1.82) is 0 Å². The van der Waals surface area contributed by atoms with E-state index in [1.807, 2.05) is 55.1 Å². The lowest BCUT2D eigenvalue weighted by Gasteiger charge is -2.24. The minimum absolute atomic E-state index is 0.0376. The van der Waals surface area contributed by atoms with Gasteiger partial charge in [-0.05, 0) is 49.7 Å². The first-order chi connectivity index (χ1) is 15.2. The summed E-state index contributed by atoms with van der Waals surface area (Å²) in [6.45, 7) is 7.33. The van der Waals surface area contributed by atoms with Gasteiger partial charge in [-0.3, -0.25) is 4.79 Å². The number of carbonyl (C=O) groups excluding carboxylic acids is 1. The summed E-state index contributed by atoms with van der Waals surface area (Å²) in [6.07, 6.45) is 3.33. The molecule has 3 aromatic rings. The lowest BCUT2D eigenvalue weighted by Crippen LogP contribution is -2.35. The number of aromatic nitrogens is 3. The second-order valence-electron chi connectivity index (χ2n) is 7.33. The number of amides is 1. The average molecular weight is 422 g/mol. The molecule has 0 unspecified atom stereocenters. The summed E-state index contributed by atoms with van der Waals surface area (Å²) in [5.41, 5.74) is 1.49. The molecule has 1 aliphatic rings. The van der Waals surface area contributed by atoms with Crippen molar-refractivity contribution in [2.75, 3.05) is 37.7 Å². The first kappa shape index (κ1) is 20.8. The number of rotatable bonds is 6. The predicted molar refractivity (Wildman–Crippen MR) is 117 cm³/mol. The number of benzene rings is 1. The number of hydrogen-bond donors (Lipinski definition) is 0. The number of pyridine rings is 1. The molecule has 1 aliphatic heterocycles. The lowest BCUT2D eigenvalue weighted by atomic mass is 10.2. The van der Waals surface area contributed by atoms with Gasteiger partial charge in [0.25, 0.3) is 11.8 Å². The van der Waals surface area contributed by atoms with Gasteiger partial charge in [0.05, 0.1) is 12.2 Å². The third-order valence-electron chi connectivity index (χ3n) is 5.30. The molecular formula is C23H27N5O3. The topological polar surface area (TPSA) is 84.6 Å². The van der Waals surface area contributed by atoms with E-state index in [0.29, 0.717) is 49.9 Å². The summed E-state index contributed by atoms with van der Waals surface area (Å²) in [7, 11) is 0. The smallest absolute Gasteiger partial charge is 0.261 e. The Balaban J connectivity index is 1.48. The van der Waals surface area contributed by atoms with Gasteiger partial charge < -0.3 is 19.1 Å². The minimum Gasteiger partial charge on any atom is -0.494 e. The number of carbonyl (C=O) groups is 1. The van der Waals surface area contributed by atoms with Crippen molar-refractivity contribution in [3.05, 3.63) is 54.0 Å². The second-order valence-corrected chi connectivity index (χ2v) is 7.33. The van der Waals surface area contributed by atoms with Crippen LogP contribution < -0.4 is 9.64 Å². The summed E-state index contributed by atoms with van der Waals surface area (Å²) in [5.74, 6) is 2.77. The van der Waals surface area contributed by atoms with Gasteiger partial charge >= 0.3 is 0 Å². The van der Waals surface area contributed by atoms with Gasteiger partial charge in [0, 0.05) is 44.4 Å². The lowest BCUT2D eigenvalue weighted by molar-refractivity contribution is 0.0767. The highest BCUT2D eigenvalue weighted by Gasteiger charge is 2.24. The minimum atomic E-state index is 0.0376. The first-order valence-corrected chi connectivity index (χ1v) is 10.7. The third-order valence-corrected chi connectivity index (χ3v) is 5.30. The van der Waals surface area contributed by atoms with Crippen LogP contribution in [0.25, 0.3) is 11.5 Å². The van der Waals surface area contributed by atoms with Gasteiger partial charge in [-0.2, -0.15) is 4.98 Å². The van der Waals surface area contributed by atoms with E-state index in [9.17, 15) is 4.79 Å². The molecule has 1 saturated heterocycles. The molecule has 0 saturated carbocycles. The number of anilines is 1. The van der Waals surface area contributed by atoms with Crippen LogP contribution in [-0.4, -0.2) is 58.7 Å². The number of aryl methyl sites for hydroxylation is 1. The van der Waals surface area contributed by atoms with Crippen molar-refractivity contribution in [3.63, 3.8) is 0 Å². The van der Waals surface area contributed by atoms with E-state index in [0.717, 1.165) is 30.1 Å². The Hall–Kier alpha value is -3.42. The molecule has 0 bridgehead atoms. The van der Waals surface area contributed by atoms with E-state index in [1.165, 1.54) is 0 Å². The van der Waals surface area contributed by atoms with Gasteiger partial charge in [0.15, 0.2) is 5.82 Å². The Morgan fingerprint density at radius 1 is 1.10 bits per heavy atom. The van der Waals surface area contributed by atoms with E-state index in [2.05, 4.69) is 20.0 Å². The Bertz CT molecular complexity index is 1020. The zero-order chi connectivity index (χ0) is 21.6. The number of nitrogens with zero attached hydrogens (tertiary/aromatic N) is 5. The van der Waals surface area contributed by atoms with Crippen LogP contribution in [0.15, 0.2) is 47.1 Å². The molecule has 31 heavy (non-hydrogen) atoms. The molecule has 1 fully saturated rings. The molecule has 0 aliphatic carbocycles. The van der Waals surface area contributed by atoms with E-state index in [1.54, 1.807) is 6.20 Å². The molecule has 0 N–H and O–H groups in total. The van der Waals surface area contributed by atoms with Crippen molar-refractivity contribution in [1.82, 2.24) is 20.0 Å². The molecule has 0 radical (unpaired) electrons. The maximum absolute atomic E-state index is 13.0. The molecule has 3 heterocycles. The maximum atomic E-state index is 13.0.